The van der Waals surface area contributed by atoms with Gasteiger partial charge in [0.2, 0.25) is 0 Å². The first-order valence-electron chi connectivity index (χ1n) is 5.12. The average molecular weight is 473 g/mol. The van der Waals surface area contributed by atoms with E-state index in [9.17, 15) is 14.4 Å². The molecule has 0 rings (SSSR count). The predicted molar refractivity (Wildman–Crippen MR) is 58.7 cm³/mol. The van der Waals surface area contributed by atoms with Gasteiger partial charge in [-0.3, -0.25) is 0 Å². The summed E-state index contributed by atoms with van der Waals surface area (Å²) < 4.78 is 14.0. The molecule has 0 aromatic carbocycles. The zero-order valence-electron chi connectivity index (χ0n) is 10.2. The minimum absolute atomic E-state index is 0.563. The fourth-order valence-corrected chi connectivity index (χ4v) is 2.75. The zero-order chi connectivity index (χ0) is 15.0. The molecule has 0 aliphatic carbocycles. The van der Waals surface area contributed by atoms with E-state index in [1.165, 1.54) is 13.8 Å². The first-order valence-corrected chi connectivity index (χ1v) is 8.30. The van der Waals surface area contributed by atoms with Gasteiger partial charge < -0.3 is 0 Å². The summed E-state index contributed by atoms with van der Waals surface area (Å²) in [7, 11) is 0. The van der Waals surface area contributed by atoms with E-state index in [2.05, 4.69) is 5.37 Å². The van der Waals surface area contributed by atoms with Crippen molar-refractivity contribution in [2.24, 2.45) is 0 Å². The molecule has 0 saturated carbocycles. The molecular weight excluding hydrogens is 459 g/mol. The molecule has 0 fully saturated rings. The molecule has 0 saturated heterocycles. The molecule has 0 aromatic heterocycles. The molecular formula is C9H14O9Pb. The summed E-state index contributed by atoms with van der Waals surface area (Å²) in [5.41, 5.74) is 0. The van der Waals surface area contributed by atoms with Gasteiger partial charge in [0.15, 0.2) is 0 Å². The summed E-state index contributed by atoms with van der Waals surface area (Å²) in [6.07, 6.45) is -4.11. The molecule has 3 atom stereocenters. The molecule has 108 valence electrons. The summed E-state index contributed by atoms with van der Waals surface area (Å²) in [5.74, 6) is -3.16. The number of carbonyl (C=O) groups is 3. The summed E-state index contributed by atoms with van der Waals surface area (Å²) in [4.78, 5) is 32.4. The van der Waals surface area contributed by atoms with Gasteiger partial charge in [-0.2, -0.15) is 0 Å². The maximum absolute atomic E-state index is 11.3. The third-order valence-electron chi connectivity index (χ3n) is 1.75. The topological polar surface area (TPSA) is 140 Å². The van der Waals surface area contributed by atoms with Crippen molar-refractivity contribution in [2.45, 2.75) is 32.2 Å². The monoisotopic (exact) mass is 474 g/mol. The molecule has 2 radical (unpaired) electrons. The second-order valence-corrected chi connectivity index (χ2v) is 5.67. The molecule has 0 bridgehead atoms. The Balaban J connectivity index is 3.88. The molecule has 0 aromatic rings. The molecule has 0 spiro atoms. The van der Waals surface area contributed by atoms with Gasteiger partial charge in [0, 0.05) is 0 Å². The predicted octanol–water partition coefficient (Wildman–Crippen LogP) is -2.16. The molecule has 0 amide bonds. The van der Waals surface area contributed by atoms with Crippen molar-refractivity contribution in [2.75, 3.05) is 6.61 Å². The normalized spacial score (nSPS) is 15.2. The standard InChI is InChI=1S/C6H10O6.C3H6O3.Pb/c1-3(5(8)9)12-2-4(7)6(10)11;1-2(4)3(5)6;/h3-4,7H,2H2,1H3,(H,8,9)(H,10,11);2,4H,1H3,(H,5,6);/q;;+2/p-2. The van der Waals surface area contributed by atoms with Gasteiger partial charge in [0.05, 0.1) is 0 Å². The average Bonchev–Trinajstić information content (AvgIpc) is 2.34. The molecule has 3 N–H and O–H groups in total. The fourth-order valence-electron chi connectivity index (χ4n) is 0.646. The van der Waals surface area contributed by atoms with Gasteiger partial charge in [0.1, 0.15) is 0 Å². The minimum atomic E-state index is -2.44. The van der Waals surface area contributed by atoms with Crippen LogP contribution in [0.1, 0.15) is 13.8 Å². The van der Waals surface area contributed by atoms with Crippen LogP contribution in [0.15, 0.2) is 0 Å². The van der Waals surface area contributed by atoms with Crippen LogP contribution in [0.5, 0.6) is 0 Å². The molecule has 0 aliphatic heterocycles. The number of carboxylic acid groups (broad SMARTS) is 1. The molecule has 10 heteroatoms. The Morgan fingerprint density at radius 1 is 1.11 bits per heavy atom. The Bertz CT molecular complexity index is 330. The van der Waals surface area contributed by atoms with E-state index >= 15 is 0 Å². The maximum atomic E-state index is 11.3. The van der Waals surface area contributed by atoms with Crippen LogP contribution >= 0.6 is 0 Å². The van der Waals surface area contributed by atoms with E-state index in [1.807, 2.05) is 0 Å². The quantitative estimate of drug-likeness (QED) is 0.336. The zero-order valence-corrected chi connectivity index (χ0v) is 14.1. The van der Waals surface area contributed by atoms with Crippen LogP contribution in [0.4, 0.5) is 0 Å². The number of aliphatic hydroxyl groups excluding tert-OH is 2. The number of hydrogen-bond acceptors (Lipinski definition) is 8. The molecule has 0 heterocycles. The first-order chi connectivity index (χ1) is 8.75. The van der Waals surface area contributed by atoms with Crippen LogP contribution in [0, 0.1) is 0 Å². The van der Waals surface area contributed by atoms with Gasteiger partial charge in [-0.25, -0.2) is 0 Å². The van der Waals surface area contributed by atoms with E-state index in [1.54, 1.807) is 0 Å². The van der Waals surface area contributed by atoms with Crippen molar-refractivity contribution >= 4 is 43.0 Å². The van der Waals surface area contributed by atoms with Crippen molar-refractivity contribution in [3.05, 3.63) is 0 Å². The Labute approximate surface area is 122 Å². The van der Waals surface area contributed by atoms with E-state index in [0.717, 1.165) is 0 Å². The number of aliphatic carboxylic acids is 1. The number of ether oxygens (including phenoxy) is 1. The van der Waals surface area contributed by atoms with Gasteiger partial charge in [-0.15, -0.1) is 0 Å². The summed E-state index contributed by atoms with van der Waals surface area (Å²) in [5, 5.41) is 26.1. The molecule has 9 nitrogen and oxygen atoms in total. The van der Waals surface area contributed by atoms with Gasteiger partial charge in [-0.1, -0.05) is 0 Å². The van der Waals surface area contributed by atoms with E-state index in [0.29, 0.717) is 0 Å². The number of rotatable bonds is 8. The summed E-state index contributed by atoms with van der Waals surface area (Å²) >= 11 is -2.44. The van der Waals surface area contributed by atoms with Crippen LogP contribution in [-0.2, 0) is 24.5 Å². The van der Waals surface area contributed by atoms with Gasteiger partial charge in [0.25, 0.3) is 0 Å². The van der Waals surface area contributed by atoms with Crippen molar-refractivity contribution in [1.82, 2.24) is 0 Å². The molecule has 19 heavy (non-hydrogen) atoms. The Kier molecular flexibility index (Phi) is 8.79. The van der Waals surface area contributed by atoms with E-state index < -0.39 is 68.0 Å². The Hall–Kier alpha value is -0.788. The van der Waals surface area contributed by atoms with Crippen molar-refractivity contribution in [3.8, 4) is 0 Å². The second kappa shape index (κ2) is 9.17. The number of aliphatic hydroxyl groups is 2. The summed E-state index contributed by atoms with van der Waals surface area (Å²) in [6.45, 7) is 1.95. The SMILES string of the molecule is CC(O)C(=O)[O][Pb][O]C(=O)C(C)OCC(O)C(=O)O. The van der Waals surface area contributed by atoms with Crippen LogP contribution in [-0.4, -0.2) is 83.3 Å². The van der Waals surface area contributed by atoms with Gasteiger partial charge >= 0.3 is 122 Å². The third kappa shape index (κ3) is 8.07. The first kappa shape index (κ1) is 18.2. The van der Waals surface area contributed by atoms with E-state index in [4.69, 9.17) is 20.1 Å². The van der Waals surface area contributed by atoms with Crippen LogP contribution < -0.4 is 0 Å². The fraction of sp³-hybridized carbons (Fsp3) is 0.667. The van der Waals surface area contributed by atoms with Crippen molar-refractivity contribution in [3.63, 3.8) is 0 Å². The molecule has 0 aliphatic rings. The number of hydrogen-bond donors (Lipinski definition) is 3. The number of carbonyl (C=O) groups excluding carboxylic acids is 2. The Morgan fingerprint density at radius 2 is 1.63 bits per heavy atom. The van der Waals surface area contributed by atoms with Crippen LogP contribution in [0.2, 0.25) is 0 Å². The van der Waals surface area contributed by atoms with Crippen LogP contribution in [0.25, 0.3) is 0 Å². The van der Waals surface area contributed by atoms with Gasteiger partial charge in [-0.05, 0) is 0 Å². The number of carboxylic acids is 1. The molecule has 3 unspecified atom stereocenters. The van der Waals surface area contributed by atoms with Crippen LogP contribution in [0.3, 0.4) is 0 Å². The second-order valence-electron chi connectivity index (χ2n) is 3.43. The Morgan fingerprint density at radius 3 is 2.11 bits per heavy atom. The van der Waals surface area contributed by atoms with E-state index in [-0.39, 0.29) is 0 Å². The van der Waals surface area contributed by atoms with Crippen molar-refractivity contribution in [1.29, 1.82) is 0 Å². The van der Waals surface area contributed by atoms with Crippen molar-refractivity contribution < 1.29 is 39.8 Å². The summed E-state index contributed by atoms with van der Waals surface area (Å²) in [6, 6.07) is 0. The third-order valence-corrected chi connectivity index (χ3v) is 3.96.